The van der Waals surface area contributed by atoms with E-state index in [1.807, 2.05) is 0 Å². The van der Waals surface area contributed by atoms with Gasteiger partial charge in [-0.2, -0.15) is 0 Å². The van der Waals surface area contributed by atoms with Crippen molar-refractivity contribution in [3.63, 3.8) is 0 Å². The molecule has 0 aromatic carbocycles. The van der Waals surface area contributed by atoms with Crippen LogP contribution in [0.15, 0.2) is 11.6 Å². The Kier molecular flexibility index (Phi) is 6.89. The van der Waals surface area contributed by atoms with Gasteiger partial charge in [0.1, 0.15) is 6.10 Å². The molecule has 4 aliphatic carbocycles. The van der Waals surface area contributed by atoms with E-state index in [9.17, 15) is 4.79 Å². The molecule has 0 bridgehead atoms. The van der Waals surface area contributed by atoms with Gasteiger partial charge in [0.15, 0.2) is 0 Å². The Morgan fingerprint density at radius 1 is 1.10 bits per heavy atom. The molecule has 0 heterocycles. The zero-order chi connectivity index (χ0) is 22.4. The highest BCUT2D eigenvalue weighted by molar-refractivity contribution is 6.61. The minimum atomic E-state index is -0.643. The second kappa shape index (κ2) is 9.03. The molecule has 31 heavy (non-hydrogen) atoms. The molecule has 3 unspecified atom stereocenters. The number of carbonyl (C=O) groups is 1. The van der Waals surface area contributed by atoms with Gasteiger partial charge in [-0.15, -0.1) is 0 Å². The average molecular weight is 449 g/mol. The van der Waals surface area contributed by atoms with Crippen molar-refractivity contribution >= 4 is 17.0 Å². The van der Waals surface area contributed by atoms with E-state index in [0.29, 0.717) is 10.8 Å². The van der Waals surface area contributed by atoms with Crippen molar-refractivity contribution in [1.82, 2.24) is 0 Å². The highest BCUT2D eigenvalue weighted by Crippen LogP contribution is 2.67. The van der Waals surface area contributed by atoms with Crippen LogP contribution in [0.25, 0.3) is 0 Å². The Morgan fingerprint density at radius 3 is 2.58 bits per heavy atom. The van der Waals surface area contributed by atoms with Crippen LogP contribution in [0.1, 0.15) is 105 Å². The van der Waals surface area contributed by atoms with Crippen LogP contribution in [0.4, 0.5) is 4.79 Å². The smallest absolute Gasteiger partial charge is 0.404 e. The maximum atomic E-state index is 11.2. The summed E-state index contributed by atoms with van der Waals surface area (Å²) in [6.45, 7) is 12.5. The van der Waals surface area contributed by atoms with Crippen LogP contribution in [-0.4, -0.2) is 11.5 Å². The van der Waals surface area contributed by atoms with Crippen LogP contribution in [0.2, 0.25) is 0 Å². The van der Waals surface area contributed by atoms with Crippen molar-refractivity contribution < 1.29 is 9.53 Å². The second-order valence-electron chi connectivity index (χ2n) is 12.5. The van der Waals surface area contributed by atoms with Gasteiger partial charge >= 0.3 is 5.43 Å². The van der Waals surface area contributed by atoms with Crippen LogP contribution >= 0.6 is 11.6 Å². The van der Waals surface area contributed by atoms with Crippen molar-refractivity contribution in [2.24, 2.45) is 46.3 Å². The van der Waals surface area contributed by atoms with E-state index >= 15 is 0 Å². The quantitative estimate of drug-likeness (QED) is 0.299. The third-order valence-electron chi connectivity index (χ3n) is 10.5. The summed E-state index contributed by atoms with van der Waals surface area (Å²) in [5.74, 6) is 5.19. The van der Waals surface area contributed by atoms with E-state index < -0.39 is 5.43 Å². The van der Waals surface area contributed by atoms with Crippen molar-refractivity contribution in [1.29, 1.82) is 0 Å². The molecule has 0 aromatic heterocycles. The summed E-state index contributed by atoms with van der Waals surface area (Å²) in [5.41, 5.74) is 1.77. The molecule has 4 aliphatic rings. The van der Waals surface area contributed by atoms with Gasteiger partial charge in [0.25, 0.3) is 0 Å². The molecule has 0 saturated heterocycles. The largest absolute Gasteiger partial charge is 0.450 e. The first-order chi connectivity index (χ1) is 14.6. The minimum absolute atomic E-state index is 0.0164. The van der Waals surface area contributed by atoms with Gasteiger partial charge in [0, 0.05) is 18.0 Å². The Balaban J connectivity index is 1.47. The summed E-state index contributed by atoms with van der Waals surface area (Å²) in [4.78, 5) is 11.2. The molecule has 0 aromatic rings. The molecule has 4 rings (SSSR count). The first-order valence-electron chi connectivity index (χ1n) is 13.2. The maximum absolute atomic E-state index is 11.2. The Morgan fingerprint density at radius 2 is 1.87 bits per heavy atom. The first kappa shape index (κ1) is 23.7. The SMILES string of the molecule is CC(C)CCC[C@@H](C)[C@H]1CC[C@H]2C3CC=C4CC(OC(=O)Cl)CC[C@]4(C)[C@H]3CCC12C. The van der Waals surface area contributed by atoms with Crippen LogP contribution in [0.5, 0.6) is 0 Å². The number of rotatable bonds is 6. The van der Waals surface area contributed by atoms with Gasteiger partial charge in [-0.3, -0.25) is 0 Å². The summed E-state index contributed by atoms with van der Waals surface area (Å²) < 4.78 is 5.38. The predicted octanol–water partition coefficient (Wildman–Crippen LogP) is 8.77. The molecule has 8 atom stereocenters. The minimum Gasteiger partial charge on any atom is -0.450 e. The predicted molar refractivity (Wildman–Crippen MR) is 129 cm³/mol. The zero-order valence-electron chi connectivity index (χ0n) is 20.6. The fourth-order valence-electron chi connectivity index (χ4n) is 8.88. The number of hydrogen-bond acceptors (Lipinski definition) is 2. The van der Waals surface area contributed by atoms with Gasteiger partial charge < -0.3 is 4.74 Å². The summed E-state index contributed by atoms with van der Waals surface area (Å²) in [6.07, 6.45) is 16.7. The van der Waals surface area contributed by atoms with Crippen LogP contribution < -0.4 is 0 Å². The summed E-state index contributed by atoms with van der Waals surface area (Å²) >= 11 is 5.51. The van der Waals surface area contributed by atoms with E-state index in [1.165, 1.54) is 51.4 Å². The molecule has 3 fully saturated rings. The van der Waals surface area contributed by atoms with E-state index in [2.05, 4.69) is 40.7 Å². The normalized spacial score (nSPS) is 42.9. The molecule has 2 nitrogen and oxygen atoms in total. The van der Waals surface area contributed by atoms with Gasteiger partial charge in [-0.1, -0.05) is 65.5 Å². The monoisotopic (exact) mass is 448 g/mol. The Labute approximate surface area is 195 Å². The lowest BCUT2D eigenvalue weighted by atomic mass is 9.47. The lowest BCUT2D eigenvalue weighted by Gasteiger charge is -2.58. The number of carbonyl (C=O) groups excluding carboxylic acids is 1. The lowest BCUT2D eigenvalue weighted by Crippen LogP contribution is -2.51. The summed E-state index contributed by atoms with van der Waals surface area (Å²) in [5, 5.41) is 0. The topological polar surface area (TPSA) is 26.3 Å². The molecule has 3 saturated carbocycles. The van der Waals surface area contributed by atoms with Crippen molar-refractivity contribution in [3.8, 4) is 0 Å². The molecular formula is C28H45ClO2. The highest BCUT2D eigenvalue weighted by atomic mass is 35.5. The summed E-state index contributed by atoms with van der Waals surface area (Å²) in [6, 6.07) is 0. The number of ether oxygens (including phenoxy) is 1. The molecule has 0 spiro atoms. The Hall–Kier alpha value is -0.500. The standard InChI is InChI=1S/C28H45ClO2/c1-18(2)7-6-8-19(3)23-11-12-24-22-10-9-20-17-21(31-26(29)30)13-15-27(20,4)25(22)14-16-28(23,24)5/h9,18-19,21-25H,6-8,10-17H2,1-5H3/t19-,21?,22?,23-,24+,25+,27+,28?/m1/s1. The molecule has 0 aliphatic heterocycles. The molecule has 3 heteroatoms. The number of fused-ring (bicyclic) bond motifs is 5. The molecule has 0 N–H and O–H groups in total. The van der Waals surface area contributed by atoms with Crippen molar-refractivity contribution in [3.05, 3.63) is 11.6 Å². The van der Waals surface area contributed by atoms with Crippen LogP contribution in [0, 0.1) is 46.3 Å². The Bertz CT molecular complexity index is 699. The average Bonchev–Trinajstić information content (AvgIpc) is 3.05. The number of hydrogen-bond donors (Lipinski definition) is 0. The third kappa shape index (κ3) is 4.36. The fourth-order valence-corrected chi connectivity index (χ4v) is 9.01. The summed E-state index contributed by atoms with van der Waals surface area (Å²) in [7, 11) is 0. The molecule has 0 amide bonds. The van der Waals surface area contributed by atoms with E-state index in [0.717, 1.165) is 54.8 Å². The van der Waals surface area contributed by atoms with E-state index in [4.69, 9.17) is 16.3 Å². The van der Waals surface area contributed by atoms with Crippen molar-refractivity contribution in [2.75, 3.05) is 0 Å². The van der Waals surface area contributed by atoms with Crippen LogP contribution in [0.3, 0.4) is 0 Å². The zero-order valence-corrected chi connectivity index (χ0v) is 21.3. The van der Waals surface area contributed by atoms with Crippen LogP contribution in [-0.2, 0) is 4.74 Å². The first-order valence-corrected chi connectivity index (χ1v) is 13.6. The van der Waals surface area contributed by atoms with Gasteiger partial charge in [-0.05, 0) is 91.3 Å². The highest BCUT2D eigenvalue weighted by Gasteiger charge is 2.59. The van der Waals surface area contributed by atoms with Crippen molar-refractivity contribution in [2.45, 2.75) is 111 Å². The third-order valence-corrected chi connectivity index (χ3v) is 10.6. The molecule has 176 valence electrons. The lowest BCUT2D eigenvalue weighted by molar-refractivity contribution is -0.0573. The molecular weight excluding hydrogens is 404 g/mol. The fraction of sp³-hybridized carbons (Fsp3) is 0.893. The van der Waals surface area contributed by atoms with Gasteiger partial charge in [0.05, 0.1) is 0 Å². The molecule has 0 radical (unpaired) electrons. The van der Waals surface area contributed by atoms with Gasteiger partial charge in [0.2, 0.25) is 0 Å². The van der Waals surface area contributed by atoms with Gasteiger partial charge in [-0.25, -0.2) is 4.79 Å². The van der Waals surface area contributed by atoms with E-state index in [-0.39, 0.29) is 6.10 Å². The maximum Gasteiger partial charge on any atom is 0.404 e. The number of allylic oxidation sites excluding steroid dienone is 1. The number of halogens is 1. The second-order valence-corrected chi connectivity index (χ2v) is 12.8. The van der Waals surface area contributed by atoms with E-state index in [1.54, 1.807) is 5.57 Å².